The molecule has 0 fully saturated rings. The van der Waals surface area contributed by atoms with Crippen LogP contribution in [0.1, 0.15) is 0 Å². The van der Waals surface area contributed by atoms with Gasteiger partial charge in [-0.15, -0.1) is 0 Å². The van der Waals surface area contributed by atoms with Crippen molar-refractivity contribution in [1.29, 1.82) is 0 Å². The van der Waals surface area contributed by atoms with Crippen LogP contribution in [0.3, 0.4) is 0 Å². The largest absolute Gasteiger partial charge is 0.457 e. The number of benzene rings is 2. The third-order valence-corrected chi connectivity index (χ3v) is 2.80. The minimum atomic E-state index is 0.247. The van der Waals surface area contributed by atoms with Crippen molar-refractivity contribution in [3.05, 3.63) is 53.0 Å². The quantitative estimate of drug-likeness (QED) is 0.841. The van der Waals surface area contributed by atoms with Crippen molar-refractivity contribution in [2.45, 2.75) is 0 Å². The molecule has 0 saturated carbocycles. The molecule has 2 aromatic rings. The number of anilines is 1. The normalized spacial score (nSPS) is 9.83. The average Bonchev–Trinajstić information content (AvgIpc) is 2.34. The first-order chi connectivity index (χ1) is 8.63. The first kappa shape index (κ1) is 12.9. The molecular weight excluding hydrogens is 312 g/mol. The Bertz CT molecular complexity index is 540. The Balaban J connectivity index is 2.06. The molecule has 0 radical (unpaired) electrons. The molecule has 2 rings (SSSR count). The maximum atomic E-state index is 5.68. The second-order valence-electron chi connectivity index (χ2n) is 3.57. The van der Waals surface area contributed by atoms with E-state index in [9.17, 15) is 0 Å². The fraction of sp³-hybridized carbons (Fsp3) is 0. The molecule has 0 saturated heterocycles. The molecule has 5 heteroatoms. The molecule has 0 bridgehead atoms. The van der Waals surface area contributed by atoms with Crippen LogP contribution in [0.5, 0.6) is 11.5 Å². The van der Waals surface area contributed by atoms with E-state index in [0.29, 0.717) is 0 Å². The summed E-state index contributed by atoms with van der Waals surface area (Å²) in [6.45, 7) is 0. The number of ether oxygens (including phenoxy) is 1. The molecule has 0 aliphatic heterocycles. The molecule has 92 valence electrons. The Kier molecular flexibility index (Phi) is 4.17. The highest BCUT2D eigenvalue weighted by Gasteiger charge is 1.98. The van der Waals surface area contributed by atoms with Gasteiger partial charge < -0.3 is 15.8 Å². The predicted molar refractivity (Wildman–Crippen MR) is 81.1 cm³/mol. The zero-order valence-electron chi connectivity index (χ0n) is 9.39. The highest BCUT2D eigenvalue weighted by molar-refractivity contribution is 9.10. The lowest BCUT2D eigenvalue weighted by Gasteiger charge is -2.07. The molecule has 0 atom stereocenters. The minimum absolute atomic E-state index is 0.247. The average molecular weight is 323 g/mol. The number of hydrogen-bond acceptors (Lipinski definition) is 2. The van der Waals surface area contributed by atoms with Gasteiger partial charge in [-0.05, 0) is 60.7 Å². The fourth-order valence-corrected chi connectivity index (χ4v) is 1.77. The van der Waals surface area contributed by atoms with E-state index in [1.807, 2.05) is 48.5 Å². The van der Waals surface area contributed by atoms with Crippen LogP contribution in [0, 0.1) is 0 Å². The topological polar surface area (TPSA) is 47.3 Å². The van der Waals surface area contributed by atoms with Crippen LogP contribution in [0.4, 0.5) is 5.69 Å². The summed E-state index contributed by atoms with van der Waals surface area (Å²) in [6, 6.07) is 15.1. The standard InChI is InChI=1S/C13H11BrN2OS/c14-9-1-5-11(6-2-9)17-12-7-3-10(4-8-12)16-13(15)18/h1-8H,(H3,15,16,18). The van der Waals surface area contributed by atoms with Crippen LogP contribution in [0.15, 0.2) is 53.0 Å². The van der Waals surface area contributed by atoms with Gasteiger partial charge in [0.15, 0.2) is 5.11 Å². The Labute approximate surface area is 119 Å². The summed E-state index contributed by atoms with van der Waals surface area (Å²) in [5, 5.41) is 3.10. The highest BCUT2D eigenvalue weighted by Crippen LogP contribution is 2.24. The van der Waals surface area contributed by atoms with E-state index in [1.165, 1.54) is 0 Å². The maximum Gasteiger partial charge on any atom is 0.168 e. The van der Waals surface area contributed by atoms with Crippen molar-refractivity contribution in [3.8, 4) is 11.5 Å². The lowest BCUT2D eigenvalue weighted by molar-refractivity contribution is 0.482. The van der Waals surface area contributed by atoms with Gasteiger partial charge in [-0.3, -0.25) is 0 Å². The lowest BCUT2D eigenvalue weighted by Crippen LogP contribution is -2.18. The van der Waals surface area contributed by atoms with E-state index in [1.54, 1.807) is 0 Å². The molecule has 18 heavy (non-hydrogen) atoms. The second-order valence-corrected chi connectivity index (χ2v) is 4.93. The third-order valence-electron chi connectivity index (χ3n) is 2.17. The summed E-state index contributed by atoms with van der Waals surface area (Å²) in [7, 11) is 0. The van der Waals surface area contributed by atoms with E-state index in [4.69, 9.17) is 22.7 Å². The number of halogens is 1. The maximum absolute atomic E-state index is 5.68. The zero-order chi connectivity index (χ0) is 13.0. The van der Waals surface area contributed by atoms with E-state index in [0.717, 1.165) is 21.7 Å². The first-order valence-corrected chi connectivity index (χ1v) is 6.43. The number of nitrogens with two attached hydrogens (primary N) is 1. The van der Waals surface area contributed by atoms with Crippen LogP contribution < -0.4 is 15.8 Å². The van der Waals surface area contributed by atoms with Gasteiger partial charge in [-0.25, -0.2) is 0 Å². The summed E-state index contributed by atoms with van der Waals surface area (Å²) in [4.78, 5) is 0. The van der Waals surface area contributed by atoms with Crippen LogP contribution in [0.25, 0.3) is 0 Å². The smallest absolute Gasteiger partial charge is 0.168 e. The Morgan fingerprint density at radius 1 is 1.00 bits per heavy atom. The summed E-state index contributed by atoms with van der Waals surface area (Å²) >= 11 is 8.13. The van der Waals surface area contributed by atoms with Gasteiger partial charge in [-0.2, -0.15) is 0 Å². The number of rotatable bonds is 3. The van der Waals surface area contributed by atoms with Crippen molar-refractivity contribution < 1.29 is 4.74 Å². The summed E-state index contributed by atoms with van der Waals surface area (Å²) < 4.78 is 6.70. The third kappa shape index (κ3) is 3.72. The van der Waals surface area contributed by atoms with E-state index in [2.05, 4.69) is 21.2 Å². The molecular formula is C13H11BrN2OS. The SMILES string of the molecule is NC(=S)Nc1ccc(Oc2ccc(Br)cc2)cc1. The summed E-state index contributed by atoms with van der Waals surface area (Å²) in [5.41, 5.74) is 6.22. The van der Waals surface area contributed by atoms with Crippen LogP contribution in [0.2, 0.25) is 0 Å². The first-order valence-electron chi connectivity index (χ1n) is 5.23. The molecule has 0 spiro atoms. The Hall–Kier alpha value is -1.59. The van der Waals surface area contributed by atoms with Gasteiger partial charge in [-0.1, -0.05) is 15.9 Å². The number of nitrogens with one attached hydrogen (secondary N) is 1. The lowest BCUT2D eigenvalue weighted by atomic mass is 10.3. The van der Waals surface area contributed by atoms with Crippen LogP contribution in [-0.2, 0) is 0 Å². The van der Waals surface area contributed by atoms with Gasteiger partial charge in [0.2, 0.25) is 0 Å². The highest BCUT2D eigenvalue weighted by atomic mass is 79.9. The van der Waals surface area contributed by atoms with Crippen LogP contribution >= 0.6 is 28.1 Å². The van der Waals surface area contributed by atoms with E-state index >= 15 is 0 Å². The van der Waals surface area contributed by atoms with Gasteiger partial charge in [0.05, 0.1) is 0 Å². The minimum Gasteiger partial charge on any atom is -0.457 e. The molecule has 2 aromatic carbocycles. The van der Waals surface area contributed by atoms with E-state index < -0.39 is 0 Å². The molecule has 0 unspecified atom stereocenters. The van der Waals surface area contributed by atoms with Gasteiger partial charge in [0.1, 0.15) is 11.5 Å². The Morgan fingerprint density at radius 2 is 1.50 bits per heavy atom. The van der Waals surface area contributed by atoms with Crippen molar-refractivity contribution in [1.82, 2.24) is 0 Å². The predicted octanol–water partition coefficient (Wildman–Crippen LogP) is 3.90. The molecule has 0 aromatic heterocycles. The zero-order valence-corrected chi connectivity index (χ0v) is 11.8. The summed E-state index contributed by atoms with van der Waals surface area (Å²) in [5.74, 6) is 1.54. The van der Waals surface area contributed by atoms with Gasteiger partial charge in [0.25, 0.3) is 0 Å². The number of thiocarbonyl (C=S) groups is 1. The van der Waals surface area contributed by atoms with Crippen molar-refractivity contribution in [2.75, 3.05) is 5.32 Å². The molecule has 3 nitrogen and oxygen atoms in total. The van der Waals surface area contributed by atoms with Crippen molar-refractivity contribution in [3.63, 3.8) is 0 Å². The van der Waals surface area contributed by atoms with Gasteiger partial charge >= 0.3 is 0 Å². The summed E-state index contributed by atoms with van der Waals surface area (Å²) in [6.07, 6.45) is 0. The molecule has 0 aliphatic rings. The van der Waals surface area contributed by atoms with Crippen LogP contribution in [-0.4, -0.2) is 5.11 Å². The molecule has 0 aliphatic carbocycles. The van der Waals surface area contributed by atoms with Crippen molar-refractivity contribution in [2.24, 2.45) is 5.73 Å². The molecule has 0 amide bonds. The second kappa shape index (κ2) is 5.84. The molecule has 3 N–H and O–H groups in total. The van der Waals surface area contributed by atoms with Gasteiger partial charge in [0, 0.05) is 10.2 Å². The Morgan fingerprint density at radius 3 is 2.00 bits per heavy atom. The fourth-order valence-electron chi connectivity index (χ4n) is 1.39. The monoisotopic (exact) mass is 322 g/mol. The van der Waals surface area contributed by atoms with E-state index in [-0.39, 0.29) is 5.11 Å². The molecule has 0 heterocycles. The van der Waals surface area contributed by atoms with Crippen molar-refractivity contribution >= 4 is 38.9 Å². The number of hydrogen-bond donors (Lipinski definition) is 2.